The lowest BCUT2D eigenvalue weighted by Crippen LogP contribution is -2.54. The van der Waals surface area contributed by atoms with Gasteiger partial charge in [0.2, 0.25) is 5.91 Å². The first-order chi connectivity index (χ1) is 14.2. The summed E-state index contributed by atoms with van der Waals surface area (Å²) in [5.74, 6) is 1.08. The average molecular weight is 407 g/mol. The van der Waals surface area contributed by atoms with Crippen molar-refractivity contribution in [3.63, 3.8) is 0 Å². The van der Waals surface area contributed by atoms with Crippen molar-refractivity contribution >= 4 is 38.4 Å². The Balaban J connectivity index is 1.21. The second-order valence-corrected chi connectivity index (χ2v) is 9.23. The van der Waals surface area contributed by atoms with E-state index in [2.05, 4.69) is 27.4 Å². The fourth-order valence-corrected chi connectivity index (χ4v) is 5.91. The summed E-state index contributed by atoms with van der Waals surface area (Å²) in [6, 6.07) is 12.8. The summed E-state index contributed by atoms with van der Waals surface area (Å²) in [7, 11) is 0. The van der Waals surface area contributed by atoms with Crippen molar-refractivity contribution < 1.29 is 9.53 Å². The Kier molecular flexibility index (Phi) is 3.89. The largest absolute Gasteiger partial charge is 0.381 e. The Labute approximate surface area is 172 Å². The second-order valence-electron chi connectivity index (χ2n) is 8.20. The first-order valence-corrected chi connectivity index (χ1v) is 11.1. The monoisotopic (exact) mass is 406 g/mol. The molecule has 2 aliphatic heterocycles. The molecule has 29 heavy (non-hydrogen) atoms. The molecule has 1 aromatic carbocycles. The van der Waals surface area contributed by atoms with Gasteiger partial charge in [0, 0.05) is 37.1 Å². The number of fused-ring (bicyclic) bond motifs is 3. The first-order valence-electron chi connectivity index (χ1n) is 10.2. The highest BCUT2D eigenvalue weighted by Gasteiger charge is 2.55. The number of nitrogens with one attached hydrogen (secondary N) is 1. The number of para-hydroxylation sites is 1. The molecule has 1 amide bonds. The Morgan fingerprint density at radius 3 is 2.79 bits per heavy atom. The Bertz CT molecular complexity index is 1050. The van der Waals surface area contributed by atoms with Crippen LogP contribution in [-0.4, -0.2) is 41.2 Å². The fourth-order valence-electron chi connectivity index (χ4n) is 4.97. The molecule has 7 heteroatoms. The van der Waals surface area contributed by atoms with Crippen molar-refractivity contribution in [1.29, 1.82) is 0 Å². The molecule has 0 unspecified atom stereocenters. The van der Waals surface area contributed by atoms with E-state index >= 15 is 0 Å². The van der Waals surface area contributed by atoms with Gasteiger partial charge in [-0.15, -0.1) is 0 Å². The van der Waals surface area contributed by atoms with Crippen molar-refractivity contribution in [2.45, 2.75) is 43.2 Å². The molecule has 1 saturated carbocycles. The van der Waals surface area contributed by atoms with Gasteiger partial charge in [0.05, 0.1) is 15.6 Å². The van der Waals surface area contributed by atoms with Crippen LogP contribution >= 0.6 is 11.3 Å². The zero-order valence-corrected chi connectivity index (χ0v) is 16.8. The third kappa shape index (κ3) is 2.60. The topological polar surface area (TPSA) is 67.4 Å². The number of thiazole rings is 1. The van der Waals surface area contributed by atoms with Crippen molar-refractivity contribution in [1.82, 2.24) is 9.97 Å². The van der Waals surface area contributed by atoms with Gasteiger partial charge >= 0.3 is 0 Å². The van der Waals surface area contributed by atoms with E-state index in [1.807, 2.05) is 29.2 Å². The molecule has 1 saturated heterocycles. The van der Waals surface area contributed by atoms with Gasteiger partial charge in [-0.2, -0.15) is 0 Å². The van der Waals surface area contributed by atoms with E-state index in [1.165, 1.54) is 4.70 Å². The third-order valence-corrected chi connectivity index (χ3v) is 7.57. The molecule has 3 aliphatic rings. The van der Waals surface area contributed by atoms with Gasteiger partial charge in [-0.1, -0.05) is 29.5 Å². The number of pyridine rings is 1. The normalized spacial score (nSPS) is 25.2. The number of ether oxygens (including phenoxy) is 1. The maximum absolute atomic E-state index is 13.6. The van der Waals surface area contributed by atoms with Crippen LogP contribution < -0.4 is 10.2 Å². The van der Waals surface area contributed by atoms with Gasteiger partial charge in [-0.25, -0.2) is 9.97 Å². The first kappa shape index (κ1) is 17.4. The molecule has 1 aliphatic carbocycles. The highest BCUT2D eigenvalue weighted by molar-refractivity contribution is 7.22. The van der Waals surface area contributed by atoms with Gasteiger partial charge in [0.1, 0.15) is 5.82 Å². The van der Waals surface area contributed by atoms with E-state index in [0.717, 1.165) is 47.7 Å². The summed E-state index contributed by atoms with van der Waals surface area (Å²) in [6.45, 7) is 1.28. The summed E-state index contributed by atoms with van der Waals surface area (Å²) >= 11 is 1.69. The molecule has 0 bridgehead atoms. The highest BCUT2D eigenvalue weighted by Crippen LogP contribution is 2.49. The van der Waals surface area contributed by atoms with Gasteiger partial charge in [-0.3, -0.25) is 9.69 Å². The summed E-state index contributed by atoms with van der Waals surface area (Å²) in [5, 5.41) is 4.52. The van der Waals surface area contributed by atoms with Crippen LogP contribution in [0.15, 0.2) is 42.6 Å². The number of anilines is 2. The smallest absolute Gasteiger partial charge is 0.239 e. The molecule has 6 rings (SSSR count). The standard InChI is InChI=1S/C22H22N4O2S/c27-20-22(7-10-28-11-8-22)16-4-3-9-23-19(16)26(20)15-12-14(13-15)24-21-25-17-5-1-2-6-18(17)29-21/h1-6,9,14-15H,7-8,10-13H2,(H,24,25)/t14-,15-. The average Bonchev–Trinajstić information content (AvgIpc) is 3.24. The van der Waals surface area contributed by atoms with E-state index in [4.69, 9.17) is 4.74 Å². The molecule has 0 radical (unpaired) electrons. The van der Waals surface area contributed by atoms with Crippen LogP contribution in [0.1, 0.15) is 31.2 Å². The van der Waals surface area contributed by atoms with Gasteiger partial charge in [0.15, 0.2) is 5.13 Å². The lowest BCUT2D eigenvalue weighted by atomic mass is 9.75. The molecule has 148 valence electrons. The molecular formula is C22H22N4O2S. The Hall–Kier alpha value is -2.51. The lowest BCUT2D eigenvalue weighted by Gasteiger charge is -2.42. The molecule has 3 aromatic rings. The van der Waals surface area contributed by atoms with Crippen molar-refractivity contribution in [2.24, 2.45) is 0 Å². The van der Waals surface area contributed by atoms with Crippen LogP contribution in [0.5, 0.6) is 0 Å². The molecular weight excluding hydrogens is 384 g/mol. The highest BCUT2D eigenvalue weighted by atomic mass is 32.1. The number of rotatable bonds is 3. The predicted octanol–water partition coefficient (Wildman–Crippen LogP) is 3.73. The Morgan fingerprint density at radius 2 is 1.97 bits per heavy atom. The number of carbonyl (C=O) groups is 1. The number of benzene rings is 1. The summed E-state index contributed by atoms with van der Waals surface area (Å²) < 4.78 is 6.75. The van der Waals surface area contributed by atoms with Crippen molar-refractivity contribution in [3.05, 3.63) is 48.2 Å². The van der Waals surface area contributed by atoms with Crippen LogP contribution in [0.4, 0.5) is 10.9 Å². The molecule has 2 fully saturated rings. The quantitative estimate of drug-likeness (QED) is 0.718. The lowest BCUT2D eigenvalue weighted by molar-refractivity contribution is -0.127. The van der Waals surface area contributed by atoms with E-state index in [1.54, 1.807) is 17.5 Å². The second kappa shape index (κ2) is 6.50. The zero-order chi connectivity index (χ0) is 19.4. The number of hydrogen-bond donors (Lipinski definition) is 1. The minimum atomic E-state index is -0.437. The van der Waals surface area contributed by atoms with E-state index in [0.29, 0.717) is 19.3 Å². The van der Waals surface area contributed by atoms with Crippen LogP contribution in [0.25, 0.3) is 10.2 Å². The van der Waals surface area contributed by atoms with Gasteiger partial charge in [-0.05, 0) is 43.9 Å². The van der Waals surface area contributed by atoms with E-state index in [9.17, 15) is 4.79 Å². The van der Waals surface area contributed by atoms with Gasteiger partial charge < -0.3 is 10.1 Å². The Morgan fingerprint density at radius 1 is 1.14 bits per heavy atom. The summed E-state index contributed by atoms with van der Waals surface area (Å²) in [5.41, 5.74) is 1.69. The zero-order valence-electron chi connectivity index (χ0n) is 16.0. The number of hydrogen-bond acceptors (Lipinski definition) is 6. The fraction of sp³-hybridized carbons (Fsp3) is 0.409. The molecule has 0 atom stereocenters. The summed E-state index contributed by atoms with van der Waals surface area (Å²) in [4.78, 5) is 24.8. The number of amides is 1. The molecule has 1 N–H and O–H groups in total. The maximum atomic E-state index is 13.6. The summed E-state index contributed by atoms with van der Waals surface area (Å²) in [6.07, 6.45) is 5.14. The van der Waals surface area contributed by atoms with E-state index < -0.39 is 5.41 Å². The molecule has 6 nitrogen and oxygen atoms in total. The SMILES string of the molecule is O=C1N([C@H]2C[C@H](Nc3nc4ccccc4s3)C2)c2ncccc2C12CCOCC2. The molecule has 1 spiro atoms. The van der Waals surface area contributed by atoms with Gasteiger partial charge in [0.25, 0.3) is 0 Å². The minimum Gasteiger partial charge on any atom is -0.381 e. The number of aromatic nitrogens is 2. The third-order valence-electron chi connectivity index (χ3n) is 6.60. The molecule has 4 heterocycles. The van der Waals surface area contributed by atoms with Crippen molar-refractivity contribution in [2.75, 3.05) is 23.4 Å². The van der Waals surface area contributed by atoms with Crippen LogP contribution in [-0.2, 0) is 14.9 Å². The van der Waals surface area contributed by atoms with Crippen LogP contribution in [0, 0.1) is 0 Å². The number of nitrogens with zero attached hydrogens (tertiary/aromatic N) is 3. The number of carbonyl (C=O) groups excluding carboxylic acids is 1. The molecule has 2 aromatic heterocycles. The minimum absolute atomic E-state index is 0.199. The van der Waals surface area contributed by atoms with Crippen molar-refractivity contribution in [3.8, 4) is 0 Å². The van der Waals surface area contributed by atoms with E-state index in [-0.39, 0.29) is 11.9 Å². The maximum Gasteiger partial charge on any atom is 0.239 e. The predicted molar refractivity (Wildman–Crippen MR) is 114 cm³/mol. The van der Waals surface area contributed by atoms with Crippen LogP contribution in [0.2, 0.25) is 0 Å². The van der Waals surface area contributed by atoms with Crippen LogP contribution in [0.3, 0.4) is 0 Å².